The fourth-order valence-electron chi connectivity index (χ4n) is 2.12. The predicted molar refractivity (Wildman–Crippen MR) is 90.3 cm³/mol. The van der Waals surface area contributed by atoms with Crippen LogP contribution < -0.4 is 5.32 Å². The second-order valence-corrected chi connectivity index (χ2v) is 5.95. The maximum absolute atomic E-state index is 12.0. The summed E-state index contributed by atoms with van der Waals surface area (Å²) in [4.78, 5) is 12.0. The van der Waals surface area contributed by atoms with E-state index in [2.05, 4.69) is 11.4 Å². The Hall–Kier alpha value is -2.25. The van der Waals surface area contributed by atoms with Gasteiger partial charge in [0.2, 0.25) is 5.91 Å². The first-order valence-corrected chi connectivity index (χ1v) is 8.26. The average molecular weight is 310 g/mol. The molecule has 4 heteroatoms. The molecule has 2 aromatic rings. The molecule has 22 heavy (non-hydrogen) atoms. The highest BCUT2D eigenvalue weighted by Gasteiger charge is 2.09. The minimum absolute atomic E-state index is 0.000643. The van der Waals surface area contributed by atoms with Crippen molar-refractivity contribution in [2.24, 2.45) is 0 Å². The third kappa shape index (κ3) is 4.64. The molecule has 0 fully saturated rings. The summed E-state index contributed by atoms with van der Waals surface area (Å²) in [6.45, 7) is 1.98. The Bertz CT molecular complexity index is 664. The Morgan fingerprint density at radius 2 is 1.86 bits per heavy atom. The molecule has 112 valence electrons. The summed E-state index contributed by atoms with van der Waals surface area (Å²) in [6.07, 6.45) is 0. The van der Waals surface area contributed by atoms with Gasteiger partial charge in [0.05, 0.1) is 23.4 Å². The molecular weight excluding hydrogens is 292 g/mol. The molecule has 1 N–H and O–H groups in total. The summed E-state index contributed by atoms with van der Waals surface area (Å²) in [5.41, 5.74) is 2.74. The highest BCUT2D eigenvalue weighted by Crippen LogP contribution is 2.16. The minimum Gasteiger partial charge on any atom is -0.349 e. The van der Waals surface area contributed by atoms with Gasteiger partial charge in [-0.3, -0.25) is 4.79 Å². The quantitative estimate of drug-likeness (QED) is 0.885. The fourth-order valence-corrected chi connectivity index (χ4v) is 2.96. The molecule has 1 amide bonds. The second kappa shape index (κ2) is 8.26. The van der Waals surface area contributed by atoms with E-state index in [1.807, 2.05) is 55.5 Å². The Morgan fingerprint density at radius 3 is 2.59 bits per heavy atom. The molecule has 0 aliphatic rings. The first-order chi connectivity index (χ1) is 10.7. The van der Waals surface area contributed by atoms with Gasteiger partial charge in [-0.25, -0.2) is 0 Å². The summed E-state index contributed by atoms with van der Waals surface area (Å²) in [5.74, 6) is 1.06. The lowest BCUT2D eigenvalue weighted by molar-refractivity contribution is -0.119. The molecule has 2 rings (SSSR count). The van der Waals surface area contributed by atoms with Crippen molar-refractivity contribution < 1.29 is 4.79 Å². The molecule has 0 aliphatic heterocycles. The van der Waals surface area contributed by atoms with Gasteiger partial charge in [0.1, 0.15) is 0 Å². The van der Waals surface area contributed by atoms with Crippen molar-refractivity contribution in [2.45, 2.75) is 18.7 Å². The van der Waals surface area contributed by atoms with Crippen LogP contribution in [0.25, 0.3) is 0 Å². The van der Waals surface area contributed by atoms with E-state index in [1.54, 1.807) is 6.07 Å². The van der Waals surface area contributed by atoms with Crippen molar-refractivity contribution in [3.8, 4) is 6.07 Å². The maximum Gasteiger partial charge on any atom is 0.230 e. The standard InChI is InChI=1S/C18H18N2OS/c1-14(15-7-3-2-4-8-15)20-18(21)13-22-12-17-10-6-5-9-16(17)11-19/h2-10,14H,12-13H2,1H3,(H,20,21). The number of nitriles is 1. The molecule has 3 nitrogen and oxygen atoms in total. The Balaban J connectivity index is 1.80. The zero-order valence-electron chi connectivity index (χ0n) is 12.5. The molecule has 2 aromatic carbocycles. The topological polar surface area (TPSA) is 52.9 Å². The number of thioether (sulfide) groups is 1. The van der Waals surface area contributed by atoms with Gasteiger partial charge in [-0.2, -0.15) is 5.26 Å². The zero-order valence-corrected chi connectivity index (χ0v) is 13.3. The second-order valence-electron chi connectivity index (χ2n) is 4.96. The molecule has 0 saturated carbocycles. The number of nitrogens with zero attached hydrogens (tertiary/aromatic N) is 1. The van der Waals surface area contributed by atoms with E-state index in [-0.39, 0.29) is 11.9 Å². The van der Waals surface area contributed by atoms with Gasteiger partial charge in [0.15, 0.2) is 0 Å². The molecule has 0 aromatic heterocycles. The summed E-state index contributed by atoms with van der Waals surface area (Å²) in [6, 6.07) is 19.5. The lowest BCUT2D eigenvalue weighted by atomic mass is 10.1. The van der Waals surface area contributed by atoms with Crippen LogP contribution >= 0.6 is 11.8 Å². The van der Waals surface area contributed by atoms with Gasteiger partial charge in [-0.05, 0) is 24.1 Å². The van der Waals surface area contributed by atoms with Gasteiger partial charge in [0.25, 0.3) is 0 Å². The van der Waals surface area contributed by atoms with Crippen LogP contribution in [0.4, 0.5) is 0 Å². The van der Waals surface area contributed by atoms with E-state index < -0.39 is 0 Å². The number of hydrogen-bond acceptors (Lipinski definition) is 3. The first kappa shape index (κ1) is 16.1. The number of benzene rings is 2. The zero-order chi connectivity index (χ0) is 15.8. The van der Waals surface area contributed by atoms with Crippen LogP contribution in [0.1, 0.15) is 29.7 Å². The van der Waals surface area contributed by atoms with Gasteiger partial charge in [-0.1, -0.05) is 48.5 Å². The SMILES string of the molecule is CC(NC(=O)CSCc1ccccc1C#N)c1ccccc1. The summed E-state index contributed by atoms with van der Waals surface area (Å²) >= 11 is 1.52. The Kier molecular flexibility index (Phi) is 6.05. The van der Waals surface area contributed by atoms with Crippen molar-refractivity contribution >= 4 is 17.7 Å². The van der Waals surface area contributed by atoms with Gasteiger partial charge < -0.3 is 5.32 Å². The molecule has 0 aliphatic carbocycles. The molecule has 0 spiro atoms. The number of hydrogen-bond donors (Lipinski definition) is 1. The van der Waals surface area contributed by atoms with Crippen molar-refractivity contribution in [1.82, 2.24) is 5.32 Å². The molecule has 1 unspecified atom stereocenters. The van der Waals surface area contributed by atoms with E-state index in [4.69, 9.17) is 5.26 Å². The normalized spacial score (nSPS) is 11.5. The monoisotopic (exact) mass is 310 g/mol. The van der Waals surface area contributed by atoms with Crippen molar-refractivity contribution in [3.63, 3.8) is 0 Å². The van der Waals surface area contributed by atoms with E-state index >= 15 is 0 Å². The lowest BCUT2D eigenvalue weighted by Crippen LogP contribution is -2.28. The molecule has 0 radical (unpaired) electrons. The van der Waals surface area contributed by atoms with Crippen LogP contribution in [-0.2, 0) is 10.5 Å². The van der Waals surface area contributed by atoms with Crippen LogP contribution in [0.5, 0.6) is 0 Å². The average Bonchev–Trinajstić information content (AvgIpc) is 2.56. The van der Waals surface area contributed by atoms with E-state index in [9.17, 15) is 4.79 Å². The molecular formula is C18H18N2OS. The number of rotatable bonds is 6. The summed E-state index contributed by atoms with van der Waals surface area (Å²) in [5, 5.41) is 12.0. The maximum atomic E-state index is 12.0. The summed E-state index contributed by atoms with van der Waals surface area (Å²) in [7, 11) is 0. The Labute approximate surface area is 135 Å². The van der Waals surface area contributed by atoms with Crippen LogP contribution in [0, 0.1) is 11.3 Å². The first-order valence-electron chi connectivity index (χ1n) is 7.10. The number of carbonyl (C=O) groups excluding carboxylic acids is 1. The lowest BCUT2D eigenvalue weighted by Gasteiger charge is -2.14. The number of nitrogens with one attached hydrogen (secondary N) is 1. The van der Waals surface area contributed by atoms with Crippen LogP contribution in [-0.4, -0.2) is 11.7 Å². The van der Waals surface area contributed by atoms with E-state index in [1.165, 1.54) is 11.8 Å². The van der Waals surface area contributed by atoms with Crippen molar-refractivity contribution in [1.29, 1.82) is 5.26 Å². The van der Waals surface area contributed by atoms with Crippen LogP contribution in [0.15, 0.2) is 54.6 Å². The van der Waals surface area contributed by atoms with Gasteiger partial charge >= 0.3 is 0 Å². The molecule has 0 bridgehead atoms. The third-order valence-corrected chi connectivity index (χ3v) is 4.29. The van der Waals surface area contributed by atoms with Gasteiger partial charge in [0, 0.05) is 5.75 Å². The molecule has 0 saturated heterocycles. The van der Waals surface area contributed by atoms with Crippen LogP contribution in [0.2, 0.25) is 0 Å². The summed E-state index contributed by atoms with van der Waals surface area (Å²) < 4.78 is 0. The highest BCUT2D eigenvalue weighted by atomic mass is 32.2. The number of carbonyl (C=O) groups is 1. The van der Waals surface area contributed by atoms with Crippen molar-refractivity contribution in [3.05, 3.63) is 71.3 Å². The van der Waals surface area contributed by atoms with Crippen molar-refractivity contribution in [2.75, 3.05) is 5.75 Å². The molecule has 0 heterocycles. The highest BCUT2D eigenvalue weighted by molar-refractivity contribution is 7.99. The van der Waals surface area contributed by atoms with E-state index in [0.717, 1.165) is 11.1 Å². The third-order valence-electron chi connectivity index (χ3n) is 3.31. The Morgan fingerprint density at radius 1 is 1.18 bits per heavy atom. The van der Waals surface area contributed by atoms with Gasteiger partial charge in [-0.15, -0.1) is 11.8 Å². The smallest absolute Gasteiger partial charge is 0.230 e. The van der Waals surface area contributed by atoms with Crippen LogP contribution in [0.3, 0.4) is 0 Å². The molecule has 1 atom stereocenters. The largest absolute Gasteiger partial charge is 0.349 e. The number of amides is 1. The van der Waals surface area contributed by atoms with E-state index in [0.29, 0.717) is 17.1 Å². The predicted octanol–water partition coefficient (Wildman–Crippen LogP) is 3.67. The fraction of sp³-hybridized carbons (Fsp3) is 0.222. The minimum atomic E-state index is 0.000643.